The average molecular weight is 364 g/mol. The molecule has 148 valence electrons. The minimum Gasteiger partial charge on any atom is -0.468 e. The molecule has 0 saturated carbocycles. The van der Waals surface area contributed by atoms with E-state index in [1.54, 1.807) is 27.7 Å². The molecule has 0 amide bonds. The molecule has 1 aromatic carbocycles. The van der Waals surface area contributed by atoms with Gasteiger partial charge >= 0.3 is 0 Å². The molecule has 0 radical (unpaired) electrons. The lowest BCUT2D eigenvalue weighted by Gasteiger charge is -2.10. The normalized spacial score (nSPS) is 9.62. The fraction of sp³-hybridized carbons (Fsp3) is 0.545. The zero-order chi connectivity index (χ0) is 20.8. The van der Waals surface area contributed by atoms with Crippen LogP contribution >= 0.6 is 0 Å². The minimum atomic E-state index is -0.500. The maximum atomic E-state index is 9.18. The lowest BCUT2D eigenvalue weighted by molar-refractivity contribution is -0.128. The molecule has 2 aromatic rings. The van der Waals surface area contributed by atoms with Crippen LogP contribution in [0.25, 0.3) is 10.9 Å². The van der Waals surface area contributed by atoms with Crippen LogP contribution in [0, 0.1) is 13.8 Å². The van der Waals surface area contributed by atoms with E-state index in [2.05, 4.69) is 48.7 Å². The smallest absolute Gasteiger partial charge is 0.293 e. The van der Waals surface area contributed by atoms with Crippen molar-refractivity contribution in [2.75, 3.05) is 6.61 Å². The highest BCUT2D eigenvalue weighted by molar-refractivity contribution is 5.83. The van der Waals surface area contributed by atoms with Crippen molar-refractivity contribution >= 4 is 17.4 Å². The first kappa shape index (κ1) is 26.3. The van der Waals surface area contributed by atoms with Gasteiger partial charge in [0.05, 0.1) is 17.7 Å². The molecule has 0 aliphatic heterocycles. The van der Waals surface area contributed by atoms with Crippen molar-refractivity contribution in [3.05, 3.63) is 41.1 Å². The van der Waals surface area contributed by atoms with Crippen LogP contribution in [-0.2, 0) is 16.0 Å². The van der Waals surface area contributed by atoms with E-state index < -0.39 is 5.60 Å². The Bertz CT molecular complexity index is 625. The molecule has 0 unspecified atom stereocenters. The molecule has 0 aliphatic carbocycles. The van der Waals surface area contributed by atoms with E-state index in [-0.39, 0.29) is 0 Å². The van der Waals surface area contributed by atoms with Gasteiger partial charge in [-0.25, -0.2) is 0 Å². The molecule has 1 aromatic heterocycles. The van der Waals surface area contributed by atoms with E-state index in [9.17, 15) is 4.79 Å². The summed E-state index contributed by atoms with van der Waals surface area (Å²) < 4.78 is 4.15. The van der Waals surface area contributed by atoms with Gasteiger partial charge in [0.2, 0.25) is 0 Å². The summed E-state index contributed by atoms with van der Waals surface area (Å²) in [4.78, 5) is 13.8. The second kappa shape index (κ2) is 14.3. The number of hydrogen-bond donors (Lipinski definition) is 1. The van der Waals surface area contributed by atoms with Gasteiger partial charge in [-0.1, -0.05) is 39.0 Å². The molecule has 1 N–H and O–H groups in total. The molecule has 0 aliphatic rings. The number of pyridine rings is 1. The van der Waals surface area contributed by atoms with Crippen LogP contribution in [0.3, 0.4) is 0 Å². The largest absolute Gasteiger partial charge is 0.468 e. The molecule has 0 bridgehead atoms. The summed E-state index contributed by atoms with van der Waals surface area (Å²) >= 11 is 0. The fourth-order valence-corrected chi connectivity index (χ4v) is 2.16. The maximum Gasteiger partial charge on any atom is 0.293 e. The molecule has 4 nitrogen and oxygen atoms in total. The monoisotopic (exact) mass is 363 g/mol. The average Bonchev–Trinajstić information content (AvgIpc) is 2.57. The number of para-hydroxylation sites is 1. The summed E-state index contributed by atoms with van der Waals surface area (Å²) in [5, 5.41) is 9.81. The zero-order valence-corrected chi connectivity index (χ0v) is 18.0. The van der Waals surface area contributed by atoms with Crippen molar-refractivity contribution < 1.29 is 14.6 Å². The number of rotatable bonds is 3. The second-order valence-corrected chi connectivity index (χ2v) is 6.39. The number of aliphatic hydroxyl groups is 1. The minimum absolute atomic E-state index is 0.431. The summed E-state index contributed by atoms with van der Waals surface area (Å²) in [6.45, 7) is 18.4. The summed E-state index contributed by atoms with van der Waals surface area (Å²) in [6.07, 6.45) is 1.06. The molecule has 0 fully saturated rings. The number of aromatic nitrogens is 1. The van der Waals surface area contributed by atoms with Crippen molar-refractivity contribution in [3.8, 4) is 0 Å². The van der Waals surface area contributed by atoms with Crippen LogP contribution < -0.4 is 0 Å². The number of carbonyl (C=O) groups is 1. The number of aryl methyl sites for hydroxylation is 2. The van der Waals surface area contributed by atoms with Gasteiger partial charge in [0.1, 0.15) is 0 Å². The first-order chi connectivity index (χ1) is 12.2. The topological polar surface area (TPSA) is 59.4 Å². The number of carbonyl (C=O) groups excluding carboxylic acids is 1. The SMILES string of the molecule is CC.CC(C)(C)O.CCOC=O.CCc1c(C)nc2ccccc2c1C. The number of ether oxygens (including phenoxy) is 1. The Balaban J connectivity index is 0. The first-order valence-corrected chi connectivity index (χ1v) is 9.28. The van der Waals surface area contributed by atoms with Crippen LogP contribution in [0.2, 0.25) is 0 Å². The van der Waals surface area contributed by atoms with Crippen LogP contribution in [0.1, 0.15) is 65.3 Å². The molecule has 0 spiro atoms. The van der Waals surface area contributed by atoms with E-state index in [0.29, 0.717) is 13.1 Å². The highest BCUT2D eigenvalue weighted by atomic mass is 16.5. The summed E-state index contributed by atoms with van der Waals surface area (Å²) in [5.74, 6) is 0. The van der Waals surface area contributed by atoms with E-state index in [0.717, 1.165) is 11.9 Å². The first-order valence-electron chi connectivity index (χ1n) is 9.28. The fourth-order valence-electron chi connectivity index (χ4n) is 2.16. The summed E-state index contributed by atoms with van der Waals surface area (Å²) in [6, 6.07) is 8.34. The van der Waals surface area contributed by atoms with Crippen LogP contribution in [0.4, 0.5) is 0 Å². The number of benzene rings is 1. The summed E-state index contributed by atoms with van der Waals surface area (Å²) in [5.41, 5.74) is 4.56. The van der Waals surface area contributed by atoms with Crippen LogP contribution in [-0.4, -0.2) is 28.8 Å². The zero-order valence-electron chi connectivity index (χ0n) is 18.0. The van der Waals surface area contributed by atoms with Crippen LogP contribution in [0.15, 0.2) is 24.3 Å². The van der Waals surface area contributed by atoms with Crippen LogP contribution in [0.5, 0.6) is 0 Å². The Labute approximate surface area is 159 Å². The van der Waals surface area contributed by atoms with Gasteiger partial charge in [-0.3, -0.25) is 9.78 Å². The van der Waals surface area contributed by atoms with Crippen molar-refractivity contribution in [2.24, 2.45) is 0 Å². The van der Waals surface area contributed by atoms with Gasteiger partial charge in [0, 0.05) is 11.1 Å². The van der Waals surface area contributed by atoms with Gasteiger partial charge in [0.25, 0.3) is 6.47 Å². The molecule has 1 heterocycles. The van der Waals surface area contributed by atoms with Gasteiger partial charge in [-0.05, 0) is 65.2 Å². The van der Waals surface area contributed by atoms with Crippen molar-refractivity contribution in [1.29, 1.82) is 0 Å². The Hall–Kier alpha value is -1.94. The molecule has 0 saturated heterocycles. The molecule has 0 atom stereocenters. The highest BCUT2D eigenvalue weighted by Crippen LogP contribution is 2.22. The number of nitrogens with zero attached hydrogens (tertiary/aromatic N) is 1. The lowest BCUT2D eigenvalue weighted by Crippen LogP contribution is -2.10. The Kier molecular flexibility index (Phi) is 14.4. The molecular weight excluding hydrogens is 326 g/mol. The molecule has 4 heteroatoms. The maximum absolute atomic E-state index is 9.18. The third-order valence-corrected chi connectivity index (χ3v) is 3.07. The molecular formula is C22H37NO3. The third kappa shape index (κ3) is 11.6. The lowest BCUT2D eigenvalue weighted by atomic mass is 10.0. The Morgan fingerprint density at radius 2 is 1.62 bits per heavy atom. The molecule has 2 rings (SSSR count). The Morgan fingerprint density at radius 3 is 2.00 bits per heavy atom. The summed E-state index contributed by atoms with van der Waals surface area (Å²) in [7, 11) is 0. The van der Waals surface area contributed by atoms with E-state index in [1.165, 1.54) is 22.2 Å². The third-order valence-electron chi connectivity index (χ3n) is 3.07. The van der Waals surface area contributed by atoms with Crippen molar-refractivity contribution in [1.82, 2.24) is 4.98 Å². The van der Waals surface area contributed by atoms with Gasteiger partial charge in [-0.15, -0.1) is 0 Å². The quantitative estimate of drug-likeness (QED) is 0.742. The van der Waals surface area contributed by atoms with E-state index >= 15 is 0 Å². The van der Waals surface area contributed by atoms with Gasteiger partial charge in [0.15, 0.2) is 0 Å². The predicted octanol–water partition coefficient (Wildman–Crippen LogP) is 5.40. The second-order valence-electron chi connectivity index (χ2n) is 6.39. The number of fused-ring (bicyclic) bond motifs is 1. The van der Waals surface area contributed by atoms with Gasteiger partial charge in [-0.2, -0.15) is 0 Å². The predicted molar refractivity (Wildman–Crippen MR) is 112 cm³/mol. The van der Waals surface area contributed by atoms with Crippen molar-refractivity contribution in [2.45, 2.75) is 74.3 Å². The molecule has 26 heavy (non-hydrogen) atoms. The van der Waals surface area contributed by atoms with E-state index in [1.807, 2.05) is 19.9 Å². The standard InChI is InChI=1S/C13H15N.C4H10O.C3H6O2.C2H6/c1-4-11-9(2)12-7-5-6-8-13(12)14-10(11)3;1-4(2,3)5;1-2-5-3-4;1-2/h5-8H,4H2,1-3H3;5H,1-3H3;3H,2H2,1H3;1-2H3. The van der Waals surface area contributed by atoms with E-state index in [4.69, 9.17) is 5.11 Å². The number of hydrogen-bond acceptors (Lipinski definition) is 4. The van der Waals surface area contributed by atoms with Gasteiger partial charge < -0.3 is 9.84 Å². The van der Waals surface area contributed by atoms with Crippen molar-refractivity contribution in [3.63, 3.8) is 0 Å². The Morgan fingerprint density at radius 1 is 1.12 bits per heavy atom. The highest BCUT2D eigenvalue weighted by Gasteiger charge is 2.06.